The van der Waals surface area contributed by atoms with Gasteiger partial charge in [-0.05, 0) is 147 Å². The van der Waals surface area contributed by atoms with E-state index in [1.165, 1.54) is 106 Å². The lowest BCUT2D eigenvalue weighted by atomic mass is 9.72. The minimum absolute atomic E-state index is 0.389. The SMILES string of the molecule is CC1CC2C(C=C1c1ccc3c(c1)C1C=CC=CC1N3C1=CCCC(C3C=CCCC3)C1)C1C=CCCC1N2C1CC(c2ccccc2)=CC(C2=CCCC=C2)C1. The van der Waals surface area contributed by atoms with E-state index in [0.717, 1.165) is 11.8 Å². The molecule has 0 amide bonds. The number of nitrogens with zero attached hydrogens (tertiary/aromatic N) is 2. The van der Waals surface area contributed by atoms with Crippen molar-refractivity contribution in [3.05, 3.63) is 162 Å². The summed E-state index contributed by atoms with van der Waals surface area (Å²) in [5.41, 5.74) is 12.2. The summed E-state index contributed by atoms with van der Waals surface area (Å²) in [6.07, 6.45) is 51.5. The second-order valence-electron chi connectivity index (χ2n) is 19.1. The molecule has 2 nitrogen and oxygen atoms in total. The molecule has 0 spiro atoms. The van der Waals surface area contributed by atoms with Gasteiger partial charge < -0.3 is 4.90 Å². The van der Waals surface area contributed by atoms with Gasteiger partial charge in [0.2, 0.25) is 0 Å². The number of benzene rings is 2. The van der Waals surface area contributed by atoms with E-state index < -0.39 is 0 Å². The Labute approximate surface area is 342 Å². The van der Waals surface area contributed by atoms with E-state index in [2.05, 4.69) is 150 Å². The van der Waals surface area contributed by atoms with Gasteiger partial charge in [0.25, 0.3) is 0 Å². The van der Waals surface area contributed by atoms with Crippen LogP contribution < -0.4 is 4.90 Å². The third-order valence-electron chi connectivity index (χ3n) is 16.0. The van der Waals surface area contributed by atoms with Crippen LogP contribution in [0.3, 0.4) is 0 Å². The highest BCUT2D eigenvalue weighted by Crippen LogP contribution is 2.54. The molecule has 1 fully saturated rings. The molecule has 2 aromatic carbocycles. The molecular weight excluding hydrogens is 689 g/mol. The summed E-state index contributed by atoms with van der Waals surface area (Å²) >= 11 is 0. The quantitative estimate of drug-likeness (QED) is 0.271. The molecule has 0 aromatic heterocycles. The van der Waals surface area contributed by atoms with Crippen LogP contribution in [0.1, 0.15) is 113 Å². The lowest BCUT2D eigenvalue weighted by Crippen LogP contribution is -2.48. The van der Waals surface area contributed by atoms with Gasteiger partial charge >= 0.3 is 0 Å². The van der Waals surface area contributed by atoms with E-state index in [0.29, 0.717) is 53.8 Å². The first-order valence-corrected chi connectivity index (χ1v) is 23.1. The molecule has 57 heavy (non-hydrogen) atoms. The summed E-state index contributed by atoms with van der Waals surface area (Å²) in [5.74, 6) is 4.16. The van der Waals surface area contributed by atoms with Crippen molar-refractivity contribution >= 4 is 16.8 Å². The van der Waals surface area contributed by atoms with Crippen LogP contribution in [0.2, 0.25) is 0 Å². The van der Waals surface area contributed by atoms with Gasteiger partial charge in [-0.3, -0.25) is 4.90 Å². The topological polar surface area (TPSA) is 6.48 Å². The number of anilines is 1. The van der Waals surface area contributed by atoms with Crippen LogP contribution in [0.25, 0.3) is 11.1 Å². The molecule has 0 saturated carbocycles. The maximum atomic E-state index is 3.12. The molecule has 2 heteroatoms. The minimum atomic E-state index is 0.389. The Bertz CT molecular complexity index is 2130. The van der Waals surface area contributed by atoms with Gasteiger partial charge in [0.1, 0.15) is 0 Å². The van der Waals surface area contributed by atoms with E-state index in [1.54, 1.807) is 22.4 Å². The molecular formula is C55H62N2. The van der Waals surface area contributed by atoms with Gasteiger partial charge in [-0.25, -0.2) is 0 Å². The van der Waals surface area contributed by atoms with E-state index in [1.807, 2.05) is 0 Å². The van der Waals surface area contributed by atoms with Crippen LogP contribution in [0.15, 0.2) is 145 Å². The number of rotatable bonds is 6. The largest absolute Gasteiger partial charge is 0.337 e. The number of hydrogen-bond donors (Lipinski definition) is 0. The normalized spacial score (nSPS) is 36.8. The highest BCUT2D eigenvalue weighted by atomic mass is 15.3. The van der Waals surface area contributed by atoms with E-state index in [-0.39, 0.29) is 0 Å². The molecule has 2 heterocycles. The zero-order valence-corrected chi connectivity index (χ0v) is 34.1. The van der Waals surface area contributed by atoms with Gasteiger partial charge in [0.05, 0.1) is 6.04 Å². The summed E-state index contributed by atoms with van der Waals surface area (Å²) in [5, 5.41) is 0. The summed E-state index contributed by atoms with van der Waals surface area (Å²) in [6, 6.07) is 21.2. The highest BCUT2D eigenvalue weighted by Gasteiger charge is 2.52. The average Bonchev–Trinajstić information content (AvgIpc) is 3.78. The Hall–Kier alpha value is -4.14. The predicted octanol–water partition coefficient (Wildman–Crippen LogP) is 13.3. The summed E-state index contributed by atoms with van der Waals surface area (Å²) in [4.78, 5) is 5.88. The summed E-state index contributed by atoms with van der Waals surface area (Å²) < 4.78 is 0. The fraction of sp³-hybridized carbons (Fsp3) is 0.455. The molecule has 0 bridgehead atoms. The van der Waals surface area contributed by atoms with Gasteiger partial charge in [0.15, 0.2) is 0 Å². The van der Waals surface area contributed by atoms with Gasteiger partial charge in [-0.15, -0.1) is 0 Å². The lowest BCUT2D eigenvalue weighted by molar-refractivity contribution is 0.0895. The summed E-state index contributed by atoms with van der Waals surface area (Å²) in [6.45, 7) is 2.55. The molecule has 11 unspecified atom stereocenters. The first-order chi connectivity index (χ1) is 28.2. The van der Waals surface area contributed by atoms with Crippen molar-refractivity contribution in [2.75, 3.05) is 4.90 Å². The molecule has 11 atom stereocenters. The lowest BCUT2D eigenvalue weighted by Gasteiger charge is -2.44. The van der Waals surface area contributed by atoms with Crippen molar-refractivity contribution in [1.29, 1.82) is 0 Å². The molecule has 0 radical (unpaired) electrons. The van der Waals surface area contributed by atoms with Gasteiger partial charge in [-0.1, -0.05) is 128 Å². The standard InChI is InChI=1S/C55H62N2/c1-37-30-55-51(48-25-12-14-27-53(48)57(55)46-33-43(39-18-7-3-8-19-39)31-44(34-46)40-20-9-4-10-21-40)36-49(37)42-28-29-54-50(35-42)47-24-11-13-26-52(47)56(54)45-23-15-22-41(32-45)38-16-5-2-6-17-38/h3,5,7-9,11-13,16,18-21,23-26,28-29,31,35-38,41,44,46-48,51-53,55H,2,4,6,10,14-15,17,22,27,30,32-34H2,1H3. The van der Waals surface area contributed by atoms with Crippen LogP contribution in [-0.4, -0.2) is 29.1 Å². The van der Waals surface area contributed by atoms with Crippen LogP contribution >= 0.6 is 0 Å². The molecule has 11 rings (SSSR count). The van der Waals surface area contributed by atoms with Crippen molar-refractivity contribution in [1.82, 2.24) is 4.90 Å². The van der Waals surface area contributed by atoms with Crippen molar-refractivity contribution in [3.8, 4) is 0 Å². The first-order valence-electron chi connectivity index (χ1n) is 23.1. The Balaban J connectivity index is 0.910. The first kappa shape index (κ1) is 36.0. The van der Waals surface area contributed by atoms with Crippen LogP contribution in [-0.2, 0) is 0 Å². The molecule has 0 N–H and O–H groups in total. The van der Waals surface area contributed by atoms with Gasteiger partial charge in [0, 0.05) is 53.2 Å². The second kappa shape index (κ2) is 15.2. The Morgan fingerprint density at radius 2 is 1.60 bits per heavy atom. The van der Waals surface area contributed by atoms with E-state index in [9.17, 15) is 0 Å². The van der Waals surface area contributed by atoms with Gasteiger partial charge in [-0.2, -0.15) is 0 Å². The molecule has 1 saturated heterocycles. The van der Waals surface area contributed by atoms with Crippen molar-refractivity contribution in [2.24, 2.45) is 35.5 Å². The van der Waals surface area contributed by atoms with Crippen LogP contribution in [0.4, 0.5) is 5.69 Å². The Morgan fingerprint density at radius 3 is 2.47 bits per heavy atom. The number of allylic oxidation sites excluding steroid dienone is 13. The fourth-order valence-corrected chi connectivity index (χ4v) is 13.4. The second-order valence-corrected chi connectivity index (χ2v) is 19.1. The minimum Gasteiger partial charge on any atom is -0.337 e. The molecule has 292 valence electrons. The summed E-state index contributed by atoms with van der Waals surface area (Å²) in [7, 11) is 0. The monoisotopic (exact) mass is 750 g/mol. The zero-order valence-electron chi connectivity index (χ0n) is 34.1. The third-order valence-corrected chi connectivity index (χ3v) is 16.0. The predicted molar refractivity (Wildman–Crippen MR) is 240 cm³/mol. The molecule has 2 aromatic rings. The van der Waals surface area contributed by atoms with Crippen molar-refractivity contribution in [2.45, 2.75) is 120 Å². The average molecular weight is 751 g/mol. The molecule has 2 aliphatic heterocycles. The third kappa shape index (κ3) is 6.50. The van der Waals surface area contributed by atoms with E-state index in [4.69, 9.17) is 0 Å². The van der Waals surface area contributed by atoms with Crippen LogP contribution in [0.5, 0.6) is 0 Å². The van der Waals surface area contributed by atoms with Crippen LogP contribution in [0, 0.1) is 35.5 Å². The number of likely N-dealkylation sites (tertiary alicyclic amines) is 1. The maximum Gasteiger partial charge on any atom is 0.0626 e. The highest BCUT2D eigenvalue weighted by molar-refractivity contribution is 5.77. The molecule has 7 aliphatic carbocycles. The van der Waals surface area contributed by atoms with Crippen molar-refractivity contribution in [3.63, 3.8) is 0 Å². The maximum absolute atomic E-state index is 3.12. The van der Waals surface area contributed by atoms with Crippen molar-refractivity contribution < 1.29 is 0 Å². The molecule has 9 aliphatic rings. The van der Waals surface area contributed by atoms with E-state index >= 15 is 0 Å². The zero-order chi connectivity index (χ0) is 37.9. The fourth-order valence-electron chi connectivity index (χ4n) is 13.4. The Kier molecular flexibility index (Phi) is 9.61. The number of fused-ring (bicyclic) bond motifs is 6. The number of hydrogen-bond acceptors (Lipinski definition) is 2. The smallest absolute Gasteiger partial charge is 0.0626 e. The Morgan fingerprint density at radius 1 is 0.684 bits per heavy atom.